The first-order valence-corrected chi connectivity index (χ1v) is 40.9. The fourth-order valence-corrected chi connectivity index (χ4v) is 17.1. The van der Waals surface area contributed by atoms with Crippen LogP contribution in [-0.4, -0.2) is 142 Å². The van der Waals surface area contributed by atoms with Crippen molar-refractivity contribution < 1.29 is 80.2 Å². The summed E-state index contributed by atoms with van der Waals surface area (Å²) in [7, 11) is 0. The molecule has 2 saturated heterocycles. The lowest BCUT2D eigenvalue weighted by Gasteiger charge is -2.26. The summed E-state index contributed by atoms with van der Waals surface area (Å²) in [6.07, 6.45) is 12.2. The Balaban J connectivity index is 0.000000117. The molecule has 6 heterocycles. The number of hydrogen-bond donors (Lipinski definition) is 1. The van der Waals surface area contributed by atoms with E-state index in [2.05, 4.69) is 42.7 Å². The van der Waals surface area contributed by atoms with Crippen molar-refractivity contribution in [2.24, 2.45) is 0 Å². The number of piperidine rings is 1. The molecule has 117 heavy (non-hydrogen) atoms. The molecule has 0 bridgehead atoms. The summed E-state index contributed by atoms with van der Waals surface area (Å²) in [6.45, 7) is 12.2. The number of anilines is 1. The maximum atomic E-state index is 12.5. The van der Waals surface area contributed by atoms with Crippen LogP contribution in [-0.2, 0) is 43.2 Å². The highest BCUT2D eigenvalue weighted by Crippen LogP contribution is 2.43. The fourth-order valence-electron chi connectivity index (χ4n) is 17.1. The monoisotopic (exact) mass is 1580 g/mol. The smallest absolute Gasteiger partial charge is 0.221 e. The SMILES string of the molecule is CC(=O)Nc1cccc(Oc2ccc3c(ccc4onc(C5CCC(=O)CC5=O)c43)c2)c1.CCCCOc1ccc2c(ccc3onc(C4CCC(=O)CC4=O)c32)c1.O=C1CCC(c2noc3ccc4cc(OCCN5CCCC5)ccc4c23)C(=O)C1.O=C1CCC(c2noc3ccc4cc(OCCN5CCCCC5)ccc4c23)C(=O)C1. The van der Waals surface area contributed by atoms with Crippen molar-refractivity contribution in [2.45, 2.75) is 160 Å². The Morgan fingerprint density at radius 2 is 0.718 bits per heavy atom. The van der Waals surface area contributed by atoms with Crippen molar-refractivity contribution in [3.8, 4) is 28.7 Å². The average molecular weight is 1580 g/mol. The number of amides is 1. The maximum absolute atomic E-state index is 12.5. The minimum atomic E-state index is -0.424. The largest absolute Gasteiger partial charge is 0.494 e. The minimum Gasteiger partial charge on any atom is -0.494 e. The third kappa shape index (κ3) is 17.8. The van der Waals surface area contributed by atoms with Crippen LogP contribution >= 0.6 is 0 Å². The molecule has 4 atom stereocenters. The standard InChI is InChI=1S/C25H20N2O5.C24H26N2O4.C23H24N2O4.C21H21NO4/c1-14(28)26-16-3-2-4-18(12-16)31-19-7-9-20-15(11-19)5-10-23-24(20)25(27-32-23)21-8-6-17(29)13-22(21)30;27-17-5-7-20(21(28)15-17)24-23-19-8-6-18(14-16(19)4-9-22(23)30-25-24)29-13-12-26-10-2-1-3-11-26;26-16-4-6-19(20(27)14-16)23-22-18-7-5-17(28-12-11-25-9-1-2-10-25)13-15(18)3-8-21(22)29-24-23;1-2-3-10-25-15-6-8-16-13(11-15)4-9-19-20(16)21(22-26-19)17-7-5-14(23)12-18(17)24/h2-5,7,9-12,21H,6,8,13H2,1H3,(H,26,28);4,6,8-9,14,20H,1-3,5,7,10-13,15H2;3,5,7-8,13,19H,1-2,4,6,9-12,14H2;4,6,8-9,11,17H,2-3,5,7,10,12H2,1H3. The van der Waals surface area contributed by atoms with Gasteiger partial charge in [-0.15, -0.1) is 0 Å². The Bertz CT molecular complexity index is 6000. The lowest BCUT2D eigenvalue weighted by molar-refractivity contribution is -0.132. The maximum Gasteiger partial charge on any atom is 0.221 e. The third-order valence-corrected chi connectivity index (χ3v) is 23.2. The summed E-state index contributed by atoms with van der Waals surface area (Å²) in [4.78, 5) is 112. The number of rotatable bonds is 19. The Labute approximate surface area is 673 Å². The van der Waals surface area contributed by atoms with E-state index in [9.17, 15) is 43.2 Å². The molecule has 2 aliphatic heterocycles. The van der Waals surface area contributed by atoms with Crippen LogP contribution in [0.2, 0.25) is 0 Å². The molecule has 24 heteroatoms. The number of likely N-dealkylation sites (tertiary alicyclic amines) is 2. The zero-order chi connectivity index (χ0) is 80.6. The molecule has 6 fully saturated rings. The minimum absolute atomic E-state index is 0.000791. The summed E-state index contributed by atoms with van der Waals surface area (Å²) in [5, 5.41) is 30.9. The van der Waals surface area contributed by atoms with Gasteiger partial charge in [0.05, 0.1) is 77.5 Å². The van der Waals surface area contributed by atoms with Crippen molar-refractivity contribution in [1.29, 1.82) is 0 Å². The molecular weight excluding hydrogens is 1490 g/mol. The van der Waals surface area contributed by atoms with Crippen molar-refractivity contribution in [1.82, 2.24) is 30.4 Å². The molecule has 19 rings (SSSR count). The summed E-state index contributed by atoms with van der Waals surface area (Å²) >= 11 is 0. The summed E-state index contributed by atoms with van der Waals surface area (Å²) in [6, 6.07) is 46.2. The van der Waals surface area contributed by atoms with Gasteiger partial charge in [0.2, 0.25) is 5.91 Å². The number of nitrogens with zero attached hydrogens (tertiary/aromatic N) is 6. The predicted octanol–water partition coefficient (Wildman–Crippen LogP) is 17.8. The third-order valence-electron chi connectivity index (χ3n) is 23.2. The van der Waals surface area contributed by atoms with Crippen molar-refractivity contribution in [3.05, 3.63) is 168 Å². The topological polar surface area (TPSA) is 313 Å². The van der Waals surface area contributed by atoms with Crippen molar-refractivity contribution in [2.75, 3.05) is 64.4 Å². The lowest BCUT2D eigenvalue weighted by atomic mass is 9.83. The second kappa shape index (κ2) is 35.5. The number of carbonyl (C=O) groups is 9. The van der Waals surface area contributed by atoms with Crippen LogP contribution in [0.25, 0.3) is 87.0 Å². The van der Waals surface area contributed by atoms with Gasteiger partial charge in [-0.3, -0.25) is 53.0 Å². The van der Waals surface area contributed by atoms with E-state index in [0.29, 0.717) is 133 Å². The second-order valence-corrected chi connectivity index (χ2v) is 31.3. The number of nitrogens with one attached hydrogen (secondary N) is 1. The van der Waals surface area contributed by atoms with E-state index in [1.807, 2.05) is 127 Å². The number of ketones is 8. The fraction of sp³-hybridized carbons (Fsp3) is 0.366. The van der Waals surface area contributed by atoms with E-state index in [-0.39, 0.29) is 95.6 Å². The number of carbonyl (C=O) groups excluding carboxylic acids is 9. The summed E-state index contributed by atoms with van der Waals surface area (Å²) < 4.78 is 45.8. The van der Waals surface area contributed by atoms with Crippen molar-refractivity contribution >= 4 is 145 Å². The number of Topliss-reactive ketones (excluding diaryl/α,β-unsaturated/α-hetero) is 8. The highest BCUT2D eigenvalue weighted by molar-refractivity contribution is 6.15. The normalized spacial score (nSPS) is 19.0. The van der Waals surface area contributed by atoms with Gasteiger partial charge < -0.3 is 42.4 Å². The molecular formula is C93H91N7O17. The summed E-state index contributed by atoms with van der Waals surface area (Å²) in [5.74, 6) is 1.82. The van der Waals surface area contributed by atoms with Gasteiger partial charge in [-0.2, -0.15) is 0 Å². The highest BCUT2D eigenvalue weighted by Gasteiger charge is 2.37. The van der Waals surface area contributed by atoms with Gasteiger partial charge in [0.25, 0.3) is 0 Å². The van der Waals surface area contributed by atoms with Gasteiger partial charge >= 0.3 is 0 Å². The van der Waals surface area contributed by atoms with Crippen molar-refractivity contribution in [3.63, 3.8) is 0 Å². The molecule has 0 radical (unpaired) electrons. The van der Waals surface area contributed by atoms with Gasteiger partial charge in [0.15, 0.2) is 22.3 Å². The van der Waals surface area contributed by atoms with Gasteiger partial charge in [0.1, 0.15) is 111 Å². The van der Waals surface area contributed by atoms with E-state index in [0.717, 1.165) is 108 Å². The molecule has 600 valence electrons. The quantitative estimate of drug-likeness (QED) is 0.0580. The molecule has 1 N–H and O–H groups in total. The van der Waals surface area contributed by atoms with Crippen LogP contribution in [0, 0.1) is 0 Å². The van der Waals surface area contributed by atoms with Crippen LogP contribution in [0.1, 0.15) is 182 Å². The van der Waals surface area contributed by atoms with E-state index in [1.165, 1.54) is 65.2 Å². The molecule has 4 aliphatic carbocycles. The second-order valence-electron chi connectivity index (χ2n) is 31.3. The number of ether oxygens (including phenoxy) is 4. The first-order valence-electron chi connectivity index (χ1n) is 40.9. The molecule has 1 amide bonds. The predicted molar refractivity (Wildman–Crippen MR) is 441 cm³/mol. The van der Waals surface area contributed by atoms with E-state index in [4.69, 9.17) is 37.0 Å². The van der Waals surface area contributed by atoms with Crippen LogP contribution in [0.3, 0.4) is 0 Å². The molecule has 0 spiro atoms. The Hall–Kier alpha value is -12.2. The Morgan fingerprint density at radius 3 is 1.06 bits per heavy atom. The zero-order valence-corrected chi connectivity index (χ0v) is 65.6. The van der Waals surface area contributed by atoms with Crippen LogP contribution in [0.4, 0.5) is 5.69 Å². The molecule has 24 nitrogen and oxygen atoms in total. The highest BCUT2D eigenvalue weighted by atomic mass is 16.5. The lowest BCUT2D eigenvalue weighted by Crippen LogP contribution is -2.33. The number of hydrogen-bond acceptors (Lipinski definition) is 23. The zero-order valence-electron chi connectivity index (χ0n) is 65.6. The first kappa shape index (κ1) is 78.7. The average Bonchev–Trinajstić information content (AvgIpc) is 1.50. The molecule has 4 unspecified atom stereocenters. The van der Waals surface area contributed by atoms with Crippen LogP contribution in [0.15, 0.2) is 164 Å². The molecule has 13 aromatic rings. The van der Waals surface area contributed by atoms with Gasteiger partial charge in [-0.1, -0.05) is 70.7 Å². The van der Waals surface area contributed by atoms with E-state index >= 15 is 0 Å². The molecule has 4 aromatic heterocycles. The van der Waals surface area contributed by atoms with Crippen LogP contribution in [0.5, 0.6) is 28.7 Å². The molecule has 6 aliphatic rings. The van der Waals surface area contributed by atoms with E-state index < -0.39 is 5.92 Å². The van der Waals surface area contributed by atoms with Gasteiger partial charge in [-0.25, -0.2) is 0 Å². The first-order chi connectivity index (χ1) is 57.0. The Kier molecular flexibility index (Phi) is 23.9. The number of benzene rings is 9. The number of unbranched alkanes of at least 4 members (excludes halogenated alkanes) is 1. The number of fused-ring (bicyclic) bond motifs is 12. The molecule has 4 saturated carbocycles. The number of aromatic nitrogens is 4. The Morgan fingerprint density at radius 1 is 0.393 bits per heavy atom. The van der Waals surface area contributed by atoms with Crippen LogP contribution < -0.4 is 24.3 Å². The summed E-state index contributed by atoms with van der Waals surface area (Å²) in [5.41, 5.74) is 5.83. The van der Waals surface area contributed by atoms with Gasteiger partial charge in [0, 0.05) is 57.5 Å². The van der Waals surface area contributed by atoms with Gasteiger partial charge in [-0.05, 0) is 236 Å². The van der Waals surface area contributed by atoms with E-state index in [1.54, 1.807) is 18.2 Å². The molecule has 9 aromatic carbocycles.